The molecule has 3 amide bonds. The Morgan fingerprint density at radius 1 is 1.09 bits per heavy atom. The van der Waals surface area contributed by atoms with E-state index in [0.29, 0.717) is 38.4 Å². The Hall–Kier alpha value is -3.20. The van der Waals surface area contributed by atoms with Crippen LogP contribution in [0.1, 0.15) is 45.4 Å². The number of piperazine rings is 1. The summed E-state index contributed by atoms with van der Waals surface area (Å²) in [4.78, 5) is 44.5. The summed E-state index contributed by atoms with van der Waals surface area (Å²) in [6.45, 7) is 8.39. The van der Waals surface area contributed by atoms with Gasteiger partial charge in [-0.25, -0.2) is 0 Å². The summed E-state index contributed by atoms with van der Waals surface area (Å²) in [5.41, 5.74) is 2.81. The highest BCUT2D eigenvalue weighted by Gasteiger charge is 2.29. The second kappa shape index (κ2) is 9.74. The molecule has 1 fully saturated rings. The lowest BCUT2D eigenvalue weighted by Gasteiger charge is -2.34. The van der Waals surface area contributed by atoms with Crippen molar-refractivity contribution in [3.63, 3.8) is 0 Å². The van der Waals surface area contributed by atoms with Crippen LogP contribution < -0.4 is 5.32 Å². The van der Waals surface area contributed by atoms with E-state index in [1.807, 2.05) is 43.1 Å². The van der Waals surface area contributed by atoms with Gasteiger partial charge in [-0.3, -0.25) is 19.1 Å². The van der Waals surface area contributed by atoms with Gasteiger partial charge in [0.05, 0.1) is 0 Å². The van der Waals surface area contributed by atoms with Crippen LogP contribution in [0.15, 0.2) is 30.3 Å². The Morgan fingerprint density at radius 3 is 2.55 bits per heavy atom. The first kappa shape index (κ1) is 23.0. The normalized spacial score (nSPS) is 18.0. The monoisotopic (exact) mass is 452 g/mol. The van der Waals surface area contributed by atoms with Gasteiger partial charge in [0.15, 0.2) is 5.69 Å². The number of aromatic nitrogens is 2. The number of fused-ring (bicyclic) bond motifs is 1. The Labute approximate surface area is 194 Å². The molecular weight excluding hydrogens is 420 g/mol. The number of benzene rings is 1. The molecule has 2 aliphatic rings. The van der Waals surface area contributed by atoms with Crippen molar-refractivity contribution < 1.29 is 14.4 Å². The van der Waals surface area contributed by atoms with Gasteiger partial charge in [0, 0.05) is 51.9 Å². The number of amides is 3. The van der Waals surface area contributed by atoms with Gasteiger partial charge in [-0.2, -0.15) is 5.10 Å². The molecule has 0 spiro atoms. The first-order chi connectivity index (χ1) is 15.8. The van der Waals surface area contributed by atoms with Crippen LogP contribution in [0.25, 0.3) is 0 Å². The first-order valence-electron chi connectivity index (χ1n) is 11.5. The van der Waals surface area contributed by atoms with Crippen molar-refractivity contribution in [1.82, 2.24) is 29.8 Å². The second-order valence-electron chi connectivity index (χ2n) is 8.97. The van der Waals surface area contributed by atoms with Crippen molar-refractivity contribution >= 4 is 17.7 Å². The van der Waals surface area contributed by atoms with Gasteiger partial charge in [0.2, 0.25) is 5.91 Å². The van der Waals surface area contributed by atoms with Crippen molar-refractivity contribution in [2.45, 2.75) is 39.4 Å². The number of aryl methyl sites for hydroxylation is 2. The quantitative estimate of drug-likeness (QED) is 0.735. The van der Waals surface area contributed by atoms with Gasteiger partial charge in [0.25, 0.3) is 11.8 Å². The number of nitrogens with one attached hydrogen (secondary N) is 1. The molecule has 1 atom stereocenters. The van der Waals surface area contributed by atoms with Crippen molar-refractivity contribution in [2.75, 3.05) is 39.8 Å². The molecular formula is C24H32N6O3. The van der Waals surface area contributed by atoms with Crippen molar-refractivity contribution in [3.05, 3.63) is 52.8 Å². The summed E-state index contributed by atoms with van der Waals surface area (Å²) in [6, 6.07) is 8.91. The van der Waals surface area contributed by atoms with Crippen LogP contribution in [0, 0.1) is 6.92 Å². The zero-order chi connectivity index (χ0) is 23.5. The summed E-state index contributed by atoms with van der Waals surface area (Å²) in [6.07, 6.45) is 0.756. The van der Waals surface area contributed by atoms with Gasteiger partial charge in [-0.15, -0.1) is 0 Å². The minimum atomic E-state index is -0.657. The SMILES string of the molecule is Cc1ccccc1CN1CCCn2nc(C(=O)NC(C)C(=O)N3CCN(C)CC3)cc2C1=O. The lowest BCUT2D eigenvalue weighted by atomic mass is 10.1. The molecule has 3 heterocycles. The average Bonchev–Trinajstić information content (AvgIpc) is 3.17. The van der Waals surface area contributed by atoms with Gasteiger partial charge >= 0.3 is 0 Å². The predicted molar refractivity (Wildman–Crippen MR) is 124 cm³/mol. The molecule has 0 bridgehead atoms. The maximum Gasteiger partial charge on any atom is 0.272 e. The predicted octanol–water partition coefficient (Wildman–Crippen LogP) is 1.13. The Kier molecular flexibility index (Phi) is 6.78. The third kappa shape index (κ3) is 5.08. The zero-order valence-corrected chi connectivity index (χ0v) is 19.6. The number of rotatable bonds is 5. The molecule has 0 aliphatic carbocycles. The lowest BCUT2D eigenvalue weighted by molar-refractivity contribution is -0.134. The summed E-state index contributed by atoms with van der Waals surface area (Å²) < 4.78 is 1.61. The third-order valence-corrected chi connectivity index (χ3v) is 6.47. The number of likely N-dealkylation sites (N-methyl/N-ethyl adjacent to an activating group) is 1. The largest absolute Gasteiger partial charge is 0.339 e. The van der Waals surface area contributed by atoms with Crippen molar-refractivity contribution in [2.24, 2.45) is 0 Å². The minimum absolute atomic E-state index is 0.0993. The molecule has 0 saturated carbocycles. The molecule has 1 N–H and O–H groups in total. The number of hydrogen-bond donors (Lipinski definition) is 1. The summed E-state index contributed by atoms with van der Waals surface area (Å²) >= 11 is 0. The molecule has 9 heteroatoms. The summed E-state index contributed by atoms with van der Waals surface area (Å²) in [5.74, 6) is -0.676. The Bertz CT molecular complexity index is 1040. The number of carbonyl (C=O) groups is 3. The van der Waals surface area contributed by atoms with Crippen molar-refractivity contribution in [1.29, 1.82) is 0 Å². The van der Waals surface area contributed by atoms with Gasteiger partial charge in [0.1, 0.15) is 11.7 Å². The molecule has 9 nitrogen and oxygen atoms in total. The first-order valence-corrected chi connectivity index (χ1v) is 11.5. The van der Waals surface area contributed by atoms with E-state index in [0.717, 1.165) is 30.6 Å². The summed E-state index contributed by atoms with van der Waals surface area (Å²) in [5, 5.41) is 7.14. The maximum atomic E-state index is 13.2. The van der Waals surface area contributed by atoms with Crippen LogP contribution in [-0.2, 0) is 17.9 Å². The summed E-state index contributed by atoms with van der Waals surface area (Å²) in [7, 11) is 2.03. The van der Waals surface area contributed by atoms with E-state index < -0.39 is 11.9 Å². The molecule has 1 saturated heterocycles. The standard InChI is InChI=1S/C24H32N6O3/c1-17-7-4-5-8-19(17)16-29-9-6-10-30-21(24(29)33)15-20(26-30)22(31)25-18(2)23(32)28-13-11-27(3)12-14-28/h4-5,7-8,15,18H,6,9-14,16H2,1-3H3,(H,25,31). The third-order valence-electron chi connectivity index (χ3n) is 6.47. The van der Waals surface area contributed by atoms with E-state index in [1.165, 1.54) is 0 Å². The second-order valence-corrected chi connectivity index (χ2v) is 8.97. The van der Waals surface area contributed by atoms with E-state index in [9.17, 15) is 14.4 Å². The van der Waals surface area contributed by atoms with Crippen LogP contribution in [0.4, 0.5) is 0 Å². The molecule has 1 aromatic heterocycles. The molecule has 1 aromatic carbocycles. The van der Waals surface area contributed by atoms with E-state index in [2.05, 4.69) is 15.3 Å². The topological polar surface area (TPSA) is 90.8 Å². The van der Waals surface area contributed by atoms with Gasteiger partial charge < -0.3 is 20.0 Å². The minimum Gasteiger partial charge on any atom is -0.339 e. The van der Waals surface area contributed by atoms with E-state index in [-0.39, 0.29) is 17.5 Å². The van der Waals surface area contributed by atoms with Crippen LogP contribution in [0.5, 0.6) is 0 Å². The zero-order valence-electron chi connectivity index (χ0n) is 19.6. The fourth-order valence-corrected chi connectivity index (χ4v) is 4.32. The molecule has 4 rings (SSSR count). The average molecular weight is 453 g/mol. The number of carbonyl (C=O) groups excluding carboxylic acids is 3. The van der Waals surface area contributed by atoms with Crippen LogP contribution in [0.3, 0.4) is 0 Å². The molecule has 2 aromatic rings. The Morgan fingerprint density at radius 2 is 1.82 bits per heavy atom. The van der Waals surface area contributed by atoms with Crippen LogP contribution in [0.2, 0.25) is 0 Å². The fourth-order valence-electron chi connectivity index (χ4n) is 4.32. The van der Waals surface area contributed by atoms with Crippen LogP contribution >= 0.6 is 0 Å². The highest BCUT2D eigenvalue weighted by atomic mass is 16.2. The number of nitrogens with zero attached hydrogens (tertiary/aromatic N) is 5. The number of hydrogen-bond acceptors (Lipinski definition) is 5. The molecule has 2 aliphatic heterocycles. The molecule has 0 radical (unpaired) electrons. The fraction of sp³-hybridized carbons (Fsp3) is 0.500. The van der Waals surface area contributed by atoms with E-state index in [1.54, 1.807) is 22.6 Å². The molecule has 1 unspecified atom stereocenters. The maximum absolute atomic E-state index is 13.2. The molecule has 33 heavy (non-hydrogen) atoms. The van der Waals surface area contributed by atoms with Gasteiger partial charge in [-0.1, -0.05) is 24.3 Å². The highest BCUT2D eigenvalue weighted by Crippen LogP contribution is 2.18. The highest BCUT2D eigenvalue weighted by molar-refractivity contribution is 5.99. The smallest absolute Gasteiger partial charge is 0.272 e. The van der Waals surface area contributed by atoms with Gasteiger partial charge in [-0.05, 0) is 38.4 Å². The van der Waals surface area contributed by atoms with Crippen molar-refractivity contribution in [3.8, 4) is 0 Å². The molecule has 176 valence electrons. The van der Waals surface area contributed by atoms with Crippen LogP contribution in [-0.4, -0.2) is 88.0 Å². The Balaban J connectivity index is 1.43. The van der Waals surface area contributed by atoms with E-state index >= 15 is 0 Å². The van der Waals surface area contributed by atoms with E-state index in [4.69, 9.17) is 0 Å². The lowest BCUT2D eigenvalue weighted by Crippen LogP contribution is -2.53.